The Hall–Kier alpha value is -1.44. The van der Waals surface area contributed by atoms with Crippen LogP contribution < -0.4 is 10.1 Å². The highest BCUT2D eigenvalue weighted by molar-refractivity contribution is 7.98. The number of hydrogen-bond acceptors (Lipinski definition) is 5. The largest absolute Gasteiger partial charge is 0.487 e. The van der Waals surface area contributed by atoms with Crippen LogP contribution in [0.25, 0.3) is 0 Å². The number of carbonyl (C=O) groups is 2. The predicted molar refractivity (Wildman–Crippen MR) is 127 cm³/mol. The van der Waals surface area contributed by atoms with Crippen LogP contribution in [0.4, 0.5) is 0 Å². The summed E-state index contributed by atoms with van der Waals surface area (Å²) in [5.74, 6) is 1.95. The van der Waals surface area contributed by atoms with Crippen molar-refractivity contribution in [2.75, 3.05) is 25.1 Å². The van der Waals surface area contributed by atoms with Crippen molar-refractivity contribution in [2.24, 2.45) is 11.8 Å². The molecule has 3 aliphatic rings. The number of benzene rings is 1. The Morgan fingerprint density at radius 2 is 2.16 bits per heavy atom. The zero-order valence-electron chi connectivity index (χ0n) is 19.2. The van der Waals surface area contributed by atoms with E-state index in [1.165, 1.54) is 6.92 Å². The summed E-state index contributed by atoms with van der Waals surface area (Å²) in [6, 6.07) is 5.29. The van der Waals surface area contributed by atoms with Crippen molar-refractivity contribution in [3.05, 3.63) is 28.8 Å². The van der Waals surface area contributed by atoms with Gasteiger partial charge in [-0.2, -0.15) is 11.8 Å². The molecule has 0 aliphatic carbocycles. The molecule has 3 aliphatic heterocycles. The van der Waals surface area contributed by atoms with Gasteiger partial charge >= 0.3 is 0 Å². The number of fused-ring (bicyclic) bond motifs is 4. The normalized spacial score (nSPS) is 29.1. The lowest BCUT2D eigenvalue weighted by atomic mass is 9.70. The zero-order valence-corrected chi connectivity index (χ0v) is 20.8. The van der Waals surface area contributed by atoms with Crippen LogP contribution in [-0.2, 0) is 14.3 Å². The first-order valence-corrected chi connectivity index (χ1v) is 13.2. The van der Waals surface area contributed by atoms with Crippen LogP contribution in [0, 0.1) is 11.8 Å². The minimum atomic E-state index is -0.461. The van der Waals surface area contributed by atoms with Gasteiger partial charge in [0.1, 0.15) is 17.4 Å². The summed E-state index contributed by atoms with van der Waals surface area (Å²) in [6.45, 7) is 7.01. The highest BCUT2D eigenvalue weighted by atomic mass is 35.5. The van der Waals surface area contributed by atoms with E-state index in [0.717, 1.165) is 29.9 Å². The van der Waals surface area contributed by atoms with Gasteiger partial charge in [-0.3, -0.25) is 9.59 Å². The minimum absolute atomic E-state index is 0.0195. The van der Waals surface area contributed by atoms with E-state index in [2.05, 4.69) is 19.2 Å². The number of likely N-dealkylation sites (tertiary alicyclic amines) is 1. The van der Waals surface area contributed by atoms with Gasteiger partial charge in [0, 0.05) is 42.4 Å². The van der Waals surface area contributed by atoms with Gasteiger partial charge in [0.05, 0.1) is 12.2 Å². The first-order valence-electron chi connectivity index (χ1n) is 11.4. The second-order valence-corrected chi connectivity index (χ2v) is 11.1. The molecule has 2 fully saturated rings. The Kier molecular flexibility index (Phi) is 6.99. The molecule has 0 aromatic heterocycles. The van der Waals surface area contributed by atoms with Crippen molar-refractivity contribution in [1.29, 1.82) is 0 Å². The number of carbonyl (C=O) groups excluding carboxylic acids is 2. The number of piperidine rings is 1. The summed E-state index contributed by atoms with van der Waals surface area (Å²) in [5.41, 5.74) is 0.654. The van der Waals surface area contributed by atoms with Crippen molar-refractivity contribution >= 4 is 35.2 Å². The molecule has 1 aromatic rings. The monoisotopic (exact) mass is 480 g/mol. The lowest BCUT2D eigenvalue weighted by molar-refractivity contribution is -0.189. The van der Waals surface area contributed by atoms with E-state index in [0.29, 0.717) is 24.5 Å². The number of halogens is 1. The van der Waals surface area contributed by atoms with E-state index in [-0.39, 0.29) is 41.5 Å². The maximum atomic E-state index is 13.2. The van der Waals surface area contributed by atoms with E-state index in [1.54, 1.807) is 11.8 Å². The molecule has 1 N–H and O–H groups in total. The third kappa shape index (κ3) is 4.75. The molecule has 8 heteroatoms. The molecule has 32 heavy (non-hydrogen) atoms. The highest BCUT2D eigenvalue weighted by Crippen LogP contribution is 2.53. The van der Waals surface area contributed by atoms with Gasteiger partial charge in [0.15, 0.2) is 0 Å². The van der Waals surface area contributed by atoms with Gasteiger partial charge in [-0.1, -0.05) is 11.6 Å². The zero-order chi connectivity index (χ0) is 23.0. The van der Waals surface area contributed by atoms with Crippen LogP contribution in [0.15, 0.2) is 18.2 Å². The summed E-state index contributed by atoms with van der Waals surface area (Å²) >= 11 is 7.97. The molecule has 1 aromatic carbocycles. The predicted octanol–water partition coefficient (Wildman–Crippen LogP) is 4.06. The second-order valence-electron chi connectivity index (χ2n) is 9.69. The Balaban J connectivity index is 1.50. The standard InChI is InChI=1S/C24H33ClN2O4S/c1-14(28)26-19(8-10-32-4)23(29)27-9-7-20-15(13-27)11-18-22(30-20)17-12-16(25)5-6-21(17)31-24(18,2)3/h5-6,12,15,18-20,22H,7-11,13H2,1-4H3,(H,26,28)/t15-,18+,19+,20+,22-/m1/s1. The van der Waals surface area contributed by atoms with Crippen LogP contribution in [0.3, 0.4) is 0 Å². The van der Waals surface area contributed by atoms with Gasteiger partial charge in [0.25, 0.3) is 0 Å². The van der Waals surface area contributed by atoms with Gasteiger partial charge < -0.3 is 19.7 Å². The second kappa shape index (κ2) is 9.43. The van der Waals surface area contributed by atoms with Crippen LogP contribution in [0.2, 0.25) is 5.02 Å². The van der Waals surface area contributed by atoms with E-state index in [4.69, 9.17) is 21.1 Å². The van der Waals surface area contributed by atoms with Crippen molar-refractivity contribution < 1.29 is 19.1 Å². The lowest BCUT2D eigenvalue weighted by Crippen LogP contribution is -2.58. The molecule has 176 valence electrons. The molecule has 5 atom stereocenters. The Bertz CT molecular complexity index is 880. The average Bonchev–Trinajstić information content (AvgIpc) is 2.75. The van der Waals surface area contributed by atoms with Gasteiger partial charge in [-0.15, -0.1) is 0 Å². The minimum Gasteiger partial charge on any atom is -0.487 e. The van der Waals surface area contributed by atoms with Crippen molar-refractivity contribution in [3.63, 3.8) is 0 Å². The fourth-order valence-electron chi connectivity index (χ4n) is 5.44. The van der Waals surface area contributed by atoms with E-state index < -0.39 is 6.04 Å². The molecule has 4 rings (SSSR count). The number of amides is 2. The van der Waals surface area contributed by atoms with Crippen LogP contribution in [-0.4, -0.2) is 59.6 Å². The van der Waals surface area contributed by atoms with Gasteiger partial charge in [0.2, 0.25) is 11.8 Å². The van der Waals surface area contributed by atoms with Crippen LogP contribution in [0.5, 0.6) is 5.75 Å². The molecule has 2 amide bonds. The van der Waals surface area contributed by atoms with E-state index in [9.17, 15) is 9.59 Å². The molecule has 0 unspecified atom stereocenters. The van der Waals surface area contributed by atoms with Gasteiger partial charge in [-0.25, -0.2) is 0 Å². The maximum absolute atomic E-state index is 13.2. The molecule has 6 nitrogen and oxygen atoms in total. The number of ether oxygens (including phenoxy) is 2. The Morgan fingerprint density at radius 3 is 2.88 bits per heavy atom. The first-order chi connectivity index (χ1) is 15.2. The Labute approximate surface area is 199 Å². The molecular formula is C24H33ClN2O4S. The molecule has 0 bridgehead atoms. The summed E-state index contributed by atoms with van der Waals surface area (Å²) in [7, 11) is 0. The van der Waals surface area contributed by atoms with E-state index in [1.807, 2.05) is 29.4 Å². The SMILES string of the molecule is CSCC[C@H](NC(C)=O)C(=O)N1CC[C@@H]2O[C@@H]3c4cc(Cl)ccc4OC(C)(C)[C@H]3C[C@@H]2C1. The van der Waals surface area contributed by atoms with Crippen molar-refractivity contribution in [1.82, 2.24) is 10.2 Å². The summed E-state index contributed by atoms with van der Waals surface area (Å²) in [6.07, 6.45) is 4.43. The Morgan fingerprint density at radius 1 is 1.38 bits per heavy atom. The summed E-state index contributed by atoms with van der Waals surface area (Å²) in [4.78, 5) is 26.8. The fourth-order valence-corrected chi connectivity index (χ4v) is 6.09. The van der Waals surface area contributed by atoms with Crippen molar-refractivity contribution in [3.8, 4) is 5.75 Å². The topological polar surface area (TPSA) is 67.9 Å². The third-order valence-electron chi connectivity index (χ3n) is 7.05. The number of hydrogen-bond donors (Lipinski definition) is 1. The van der Waals surface area contributed by atoms with Crippen molar-refractivity contribution in [2.45, 2.75) is 63.9 Å². The molecule has 3 heterocycles. The molecule has 2 saturated heterocycles. The summed E-state index contributed by atoms with van der Waals surface area (Å²) < 4.78 is 13.0. The summed E-state index contributed by atoms with van der Waals surface area (Å²) in [5, 5.41) is 3.54. The smallest absolute Gasteiger partial charge is 0.245 e. The van der Waals surface area contributed by atoms with Crippen LogP contribution >= 0.6 is 23.4 Å². The first kappa shape index (κ1) is 23.7. The van der Waals surface area contributed by atoms with Gasteiger partial charge in [-0.05, 0) is 63.3 Å². The fraction of sp³-hybridized carbons (Fsp3) is 0.667. The third-order valence-corrected chi connectivity index (χ3v) is 7.93. The number of rotatable bonds is 5. The van der Waals surface area contributed by atoms with Crippen LogP contribution in [0.1, 0.15) is 51.7 Å². The molecule has 0 saturated carbocycles. The molecule has 0 spiro atoms. The quantitative estimate of drug-likeness (QED) is 0.688. The number of nitrogens with zero attached hydrogens (tertiary/aromatic N) is 1. The number of nitrogens with one attached hydrogen (secondary N) is 1. The highest BCUT2D eigenvalue weighted by Gasteiger charge is 2.51. The average molecular weight is 481 g/mol. The maximum Gasteiger partial charge on any atom is 0.245 e. The molecule has 0 radical (unpaired) electrons. The number of thioether (sulfide) groups is 1. The van der Waals surface area contributed by atoms with E-state index >= 15 is 0 Å². The molecular weight excluding hydrogens is 448 g/mol. The lowest BCUT2D eigenvalue weighted by Gasteiger charge is -2.53.